The SMILES string of the molecule is CC(C)(OP(=O)(OCc1ccccc1)OCc1ccccc1)c1ncc(-c2cc3c(cc2F)nc2n3[C@@H]3C[C@H]2NC(=O)c2cccc(OC(F)F)c23)cn1. The van der Waals surface area contributed by atoms with E-state index in [1.165, 1.54) is 30.6 Å². The predicted molar refractivity (Wildman–Crippen MR) is 191 cm³/mol. The van der Waals surface area contributed by atoms with E-state index in [1.807, 2.05) is 65.2 Å². The molecule has 1 amide bonds. The summed E-state index contributed by atoms with van der Waals surface area (Å²) in [6.45, 7) is 0.0651. The molecule has 54 heavy (non-hydrogen) atoms. The van der Waals surface area contributed by atoms with Gasteiger partial charge in [0.1, 0.15) is 23.0 Å². The molecule has 2 bridgehead atoms. The number of nitrogens with one attached hydrogen (secondary N) is 1. The third kappa shape index (κ3) is 6.89. The number of ether oxygens (including phenoxy) is 1. The second-order valence-corrected chi connectivity index (χ2v) is 15.0. The molecular formula is C39H33F3N5O6P. The summed E-state index contributed by atoms with van der Waals surface area (Å²) in [4.78, 5) is 26.7. The first-order valence-electron chi connectivity index (χ1n) is 17.1. The molecule has 0 unspecified atom stereocenters. The van der Waals surface area contributed by atoms with Crippen LogP contribution in [0.1, 0.15) is 71.0 Å². The second-order valence-electron chi connectivity index (χ2n) is 13.4. The second kappa shape index (κ2) is 14.1. The highest BCUT2D eigenvalue weighted by Crippen LogP contribution is 2.56. The van der Waals surface area contributed by atoms with Crippen molar-refractivity contribution in [1.82, 2.24) is 24.8 Å². The van der Waals surface area contributed by atoms with Crippen molar-refractivity contribution in [3.63, 3.8) is 0 Å². The van der Waals surface area contributed by atoms with Crippen LogP contribution in [0, 0.1) is 5.82 Å². The number of halogens is 3. The quantitative estimate of drug-likeness (QED) is 0.122. The number of alkyl halides is 2. The van der Waals surface area contributed by atoms with Crippen LogP contribution in [0.4, 0.5) is 13.2 Å². The van der Waals surface area contributed by atoms with Crippen LogP contribution in [-0.4, -0.2) is 32.0 Å². The molecule has 15 heteroatoms. The summed E-state index contributed by atoms with van der Waals surface area (Å²) >= 11 is 0. The number of nitrogens with zero attached hydrogens (tertiary/aromatic N) is 4. The van der Waals surface area contributed by atoms with E-state index in [-0.39, 0.29) is 35.9 Å². The van der Waals surface area contributed by atoms with Gasteiger partial charge in [-0.25, -0.2) is 23.9 Å². The lowest BCUT2D eigenvalue weighted by Crippen LogP contribution is -2.28. The zero-order chi connectivity index (χ0) is 37.6. The molecule has 8 rings (SSSR count). The average molecular weight is 756 g/mol. The third-order valence-electron chi connectivity index (χ3n) is 9.36. The highest BCUT2D eigenvalue weighted by atomic mass is 31.2. The number of benzene rings is 4. The van der Waals surface area contributed by atoms with Crippen molar-refractivity contribution >= 4 is 24.8 Å². The van der Waals surface area contributed by atoms with E-state index < -0.39 is 43.8 Å². The van der Waals surface area contributed by atoms with Crippen molar-refractivity contribution in [2.75, 3.05) is 0 Å². The minimum atomic E-state index is -4.22. The summed E-state index contributed by atoms with van der Waals surface area (Å²) < 4.78 is 81.1. The van der Waals surface area contributed by atoms with Gasteiger partial charge in [-0.3, -0.25) is 18.4 Å². The summed E-state index contributed by atoms with van der Waals surface area (Å²) in [5.41, 5.74) is 1.96. The molecule has 0 radical (unpaired) electrons. The molecule has 2 aliphatic heterocycles. The Kier molecular flexibility index (Phi) is 9.31. The van der Waals surface area contributed by atoms with Crippen molar-refractivity contribution in [3.8, 4) is 16.9 Å². The van der Waals surface area contributed by atoms with Gasteiger partial charge >= 0.3 is 14.4 Å². The monoisotopic (exact) mass is 755 g/mol. The lowest BCUT2D eigenvalue weighted by atomic mass is 9.97. The number of imidazole rings is 1. The minimum Gasteiger partial charge on any atom is -0.434 e. The number of rotatable bonds is 12. The van der Waals surface area contributed by atoms with Crippen LogP contribution in [0.3, 0.4) is 0 Å². The van der Waals surface area contributed by atoms with E-state index in [2.05, 4.69) is 20.3 Å². The summed E-state index contributed by atoms with van der Waals surface area (Å²) in [7, 11) is -4.22. The van der Waals surface area contributed by atoms with Crippen molar-refractivity contribution < 1.29 is 40.8 Å². The third-order valence-corrected chi connectivity index (χ3v) is 10.9. The number of hydrogen-bond donors (Lipinski definition) is 1. The summed E-state index contributed by atoms with van der Waals surface area (Å²) in [5, 5.41) is 2.92. The number of fused-ring (bicyclic) bond motifs is 9. The molecule has 0 aliphatic carbocycles. The number of phosphoric ester groups is 1. The van der Waals surface area contributed by atoms with Crippen LogP contribution < -0.4 is 10.1 Å². The van der Waals surface area contributed by atoms with Crippen LogP contribution >= 0.6 is 7.82 Å². The fourth-order valence-electron chi connectivity index (χ4n) is 6.90. The number of hydrogen-bond acceptors (Lipinski definition) is 9. The van der Waals surface area contributed by atoms with Gasteiger partial charge in [-0.1, -0.05) is 66.7 Å². The maximum atomic E-state index is 15.8. The van der Waals surface area contributed by atoms with E-state index >= 15 is 4.39 Å². The Morgan fingerprint density at radius 3 is 2.19 bits per heavy atom. The number of carbonyl (C=O) groups excluding carboxylic acids is 1. The smallest absolute Gasteiger partial charge is 0.434 e. The summed E-state index contributed by atoms with van der Waals surface area (Å²) in [6.07, 6.45) is 3.19. The molecular weight excluding hydrogens is 722 g/mol. The van der Waals surface area contributed by atoms with Crippen LogP contribution in [0.15, 0.2) is 103 Å². The molecule has 6 aromatic rings. The zero-order valence-electron chi connectivity index (χ0n) is 29.0. The van der Waals surface area contributed by atoms with Crippen molar-refractivity contribution in [2.45, 2.75) is 57.8 Å². The fraction of sp³-hybridized carbons (Fsp3) is 0.231. The molecule has 2 atom stereocenters. The Balaban J connectivity index is 1.09. The van der Waals surface area contributed by atoms with Crippen LogP contribution in [0.2, 0.25) is 0 Å². The summed E-state index contributed by atoms with van der Waals surface area (Å²) in [5.74, 6) is -0.554. The molecule has 4 heterocycles. The Bertz CT molecular complexity index is 2350. The van der Waals surface area contributed by atoms with Crippen molar-refractivity contribution in [3.05, 3.63) is 143 Å². The highest BCUT2D eigenvalue weighted by Gasteiger charge is 2.43. The predicted octanol–water partition coefficient (Wildman–Crippen LogP) is 8.80. The van der Waals surface area contributed by atoms with E-state index in [9.17, 15) is 18.1 Å². The lowest BCUT2D eigenvalue weighted by Gasteiger charge is -2.28. The first-order chi connectivity index (χ1) is 26.0. The number of amides is 1. The first-order valence-corrected chi connectivity index (χ1v) is 18.5. The molecule has 276 valence electrons. The van der Waals surface area contributed by atoms with Gasteiger partial charge < -0.3 is 14.6 Å². The summed E-state index contributed by atoms with van der Waals surface area (Å²) in [6, 6.07) is 24.5. The van der Waals surface area contributed by atoms with Gasteiger partial charge in [0.05, 0.1) is 36.3 Å². The number of phosphoric acid groups is 1. The van der Waals surface area contributed by atoms with E-state index in [1.54, 1.807) is 26.0 Å². The largest absolute Gasteiger partial charge is 0.476 e. The van der Waals surface area contributed by atoms with Gasteiger partial charge in [0.15, 0.2) is 5.82 Å². The van der Waals surface area contributed by atoms with E-state index in [0.717, 1.165) is 11.1 Å². The standard InChI is InChI=1S/C39H33F3N5O6P/c1-39(2,53-54(49,50-21-23-10-5-3-6-11-23)51-22-24-12-7-4-8-13-24)37-43-19-25(20-44-37)27-16-31-29(17-28(27)40)45-35-30-18-32(47(31)35)34-26(36(48)46-30)14-9-15-33(34)52-38(41)42/h3-17,19-20,30,32,38H,18,21-22H2,1-2H3,(H,46,48)/t30-,32-/m1/s1. The Labute approximate surface area is 307 Å². The van der Waals surface area contributed by atoms with Gasteiger partial charge in [0, 0.05) is 40.7 Å². The zero-order valence-corrected chi connectivity index (χ0v) is 29.9. The molecule has 2 aromatic heterocycles. The molecule has 2 aliphatic rings. The Hall–Kier alpha value is -5.40. The van der Waals surface area contributed by atoms with Crippen LogP contribution in [0.5, 0.6) is 5.75 Å². The minimum absolute atomic E-state index is 0.0387. The maximum Gasteiger partial charge on any atom is 0.476 e. The van der Waals surface area contributed by atoms with E-state index in [0.29, 0.717) is 34.4 Å². The molecule has 0 fully saturated rings. The van der Waals surface area contributed by atoms with Gasteiger partial charge in [0.25, 0.3) is 5.91 Å². The van der Waals surface area contributed by atoms with Crippen molar-refractivity contribution in [1.29, 1.82) is 0 Å². The molecule has 4 aromatic carbocycles. The lowest BCUT2D eigenvalue weighted by molar-refractivity contribution is -0.0507. The van der Waals surface area contributed by atoms with Gasteiger partial charge in [-0.05, 0) is 49.6 Å². The van der Waals surface area contributed by atoms with Crippen LogP contribution in [-0.2, 0) is 37.0 Å². The molecule has 0 saturated carbocycles. The molecule has 1 N–H and O–H groups in total. The van der Waals surface area contributed by atoms with Gasteiger partial charge in [0.2, 0.25) is 0 Å². The Morgan fingerprint density at radius 2 is 1.56 bits per heavy atom. The fourth-order valence-corrected chi connectivity index (χ4v) is 8.33. The molecule has 0 saturated heterocycles. The Morgan fingerprint density at radius 1 is 0.907 bits per heavy atom. The molecule has 0 spiro atoms. The van der Waals surface area contributed by atoms with Gasteiger partial charge in [-0.2, -0.15) is 8.78 Å². The average Bonchev–Trinajstić information content (AvgIpc) is 3.64. The van der Waals surface area contributed by atoms with Crippen molar-refractivity contribution in [2.24, 2.45) is 0 Å². The topological polar surface area (TPSA) is 127 Å². The molecule has 11 nitrogen and oxygen atoms in total. The first kappa shape index (κ1) is 35.6. The van der Waals surface area contributed by atoms with Gasteiger partial charge in [-0.15, -0.1) is 0 Å². The highest BCUT2D eigenvalue weighted by molar-refractivity contribution is 7.48. The van der Waals surface area contributed by atoms with Crippen LogP contribution in [0.25, 0.3) is 22.2 Å². The normalized spacial score (nSPS) is 16.6. The number of aromatic nitrogens is 4. The van der Waals surface area contributed by atoms with E-state index in [4.69, 9.17) is 18.3 Å². The maximum absolute atomic E-state index is 15.8. The number of carbonyl (C=O) groups is 1.